The summed E-state index contributed by atoms with van der Waals surface area (Å²) in [6, 6.07) is 2.32. The Morgan fingerprint density at radius 3 is 2.09 bits per heavy atom. The van der Waals surface area contributed by atoms with Crippen molar-refractivity contribution in [1.29, 1.82) is 5.26 Å². The van der Waals surface area contributed by atoms with Crippen molar-refractivity contribution < 1.29 is 0 Å². The van der Waals surface area contributed by atoms with Gasteiger partial charge in [0.1, 0.15) is 0 Å². The van der Waals surface area contributed by atoms with Gasteiger partial charge in [0.15, 0.2) is 0 Å². The predicted octanol–water partition coefficient (Wildman–Crippen LogP) is 2.34. The molecular weight excluding hydrogens is 134 g/mol. The van der Waals surface area contributed by atoms with Crippen LogP contribution in [0.25, 0.3) is 0 Å². The first-order chi connectivity index (χ1) is 5.36. The van der Waals surface area contributed by atoms with Crippen molar-refractivity contribution in [3.63, 3.8) is 0 Å². The second-order valence-electron chi connectivity index (χ2n) is 3.07. The van der Waals surface area contributed by atoms with Crippen LogP contribution >= 0.6 is 0 Å². The molecule has 58 valence electrons. The molecule has 0 saturated heterocycles. The topological polar surface area (TPSA) is 23.8 Å². The van der Waals surface area contributed by atoms with Crippen LogP contribution in [-0.2, 0) is 0 Å². The lowest BCUT2D eigenvalue weighted by molar-refractivity contribution is 0.371. The highest BCUT2D eigenvalue weighted by molar-refractivity contribution is 5.03. The van der Waals surface area contributed by atoms with Crippen molar-refractivity contribution in [1.82, 2.24) is 0 Å². The maximum Gasteiger partial charge on any atom is 0.0655 e. The van der Waals surface area contributed by atoms with E-state index in [1.165, 1.54) is 0 Å². The molecule has 1 rings (SSSR count). The second kappa shape index (κ2) is 4.04. The predicted molar refractivity (Wildman–Crippen MR) is 44.5 cm³/mol. The minimum atomic E-state index is 0.310. The molecule has 11 heavy (non-hydrogen) atoms. The van der Waals surface area contributed by atoms with Crippen molar-refractivity contribution in [2.75, 3.05) is 0 Å². The summed E-state index contributed by atoms with van der Waals surface area (Å²) in [5.74, 6) is 6.99. The van der Waals surface area contributed by atoms with E-state index in [-0.39, 0.29) is 0 Å². The SMILES string of the molecule is CC#CC1CCC(C#N)CC1. The highest BCUT2D eigenvalue weighted by Crippen LogP contribution is 2.27. The monoisotopic (exact) mass is 147 g/mol. The fourth-order valence-electron chi connectivity index (χ4n) is 1.57. The lowest BCUT2D eigenvalue weighted by Gasteiger charge is -2.20. The summed E-state index contributed by atoms with van der Waals surface area (Å²) in [7, 11) is 0. The Bertz CT molecular complexity index is 205. The number of rotatable bonds is 0. The summed E-state index contributed by atoms with van der Waals surface area (Å²) in [6.07, 6.45) is 4.35. The third-order valence-corrected chi connectivity index (χ3v) is 2.26. The van der Waals surface area contributed by atoms with E-state index in [0.717, 1.165) is 25.7 Å². The molecule has 0 radical (unpaired) electrons. The summed E-state index contributed by atoms with van der Waals surface area (Å²) in [5, 5.41) is 8.62. The van der Waals surface area contributed by atoms with Crippen LogP contribution in [0.15, 0.2) is 0 Å². The van der Waals surface area contributed by atoms with Gasteiger partial charge in [0.2, 0.25) is 0 Å². The summed E-state index contributed by atoms with van der Waals surface area (Å²) in [5.41, 5.74) is 0. The largest absolute Gasteiger partial charge is 0.198 e. The molecule has 1 nitrogen and oxygen atoms in total. The summed E-state index contributed by atoms with van der Waals surface area (Å²) >= 11 is 0. The van der Waals surface area contributed by atoms with E-state index < -0.39 is 0 Å². The summed E-state index contributed by atoms with van der Waals surface area (Å²) in [6.45, 7) is 1.89. The molecular formula is C10H13N. The van der Waals surface area contributed by atoms with Crippen LogP contribution in [0.1, 0.15) is 32.6 Å². The van der Waals surface area contributed by atoms with Crippen LogP contribution in [0.2, 0.25) is 0 Å². The molecule has 1 heteroatoms. The van der Waals surface area contributed by atoms with Crippen molar-refractivity contribution >= 4 is 0 Å². The molecule has 0 bridgehead atoms. The molecule has 1 aliphatic rings. The standard InChI is InChI=1S/C10H13N/c1-2-3-9-4-6-10(8-11)7-5-9/h9-10H,4-7H2,1H3. The molecule has 0 aromatic rings. The van der Waals surface area contributed by atoms with Crippen molar-refractivity contribution in [3.8, 4) is 17.9 Å². The summed E-state index contributed by atoms with van der Waals surface area (Å²) < 4.78 is 0. The van der Waals surface area contributed by atoms with Gasteiger partial charge >= 0.3 is 0 Å². The van der Waals surface area contributed by atoms with E-state index in [1.54, 1.807) is 0 Å². The average molecular weight is 147 g/mol. The number of hydrogen-bond donors (Lipinski definition) is 0. The zero-order valence-corrected chi connectivity index (χ0v) is 6.93. The van der Waals surface area contributed by atoms with E-state index in [2.05, 4.69) is 17.9 Å². The fourth-order valence-corrected chi connectivity index (χ4v) is 1.57. The smallest absolute Gasteiger partial charge is 0.0655 e. The first-order valence-electron chi connectivity index (χ1n) is 4.18. The van der Waals surface area contributed by atoms with Gasteiger partial charge in [0.25, 0.3) is 0 Å². The van der Waals surface area contributed by atoms with Crippen molar-refractivity contribution in [3.05, 3.63) is 0 Å². The molecule has 0 aromatic heterocycles. The maximum absolute atomic E-state index is 8.62. The number of nitriles is 1. The maximum atomic E-state index is 8.62. The summed E-state index contributed by atoms with van der Waals surface area (Å²) in [4.78, 5) is 0. The first-order valence-corrected chi connectivity index (χ1v) is 4.18. The lowest BCUT2D eigenvalue weighted by Crippen LogP contribution is -2.11. The van der Waals surface area contributed by atoms with E-state index in [4.69, 9.17) is 5.26 Å². The fraction of sp³-hybridized carbons (Fsp3) is 0.700. The van der Waals surface area contributed by atoms with Crippen LogP contribution in [0, 0.1) is 35.0 Å². The van der Waals surface area contributed by atoms with E-state index in [9.17, 15) is 0 Å². The quantitative estimate of drug-likeness (QED) is 0.482. The van der Waals surface area contributed by atoms with Crippen LogP contribution < -0.4 is 0 Å². The van der Waals surface area contributed by atoms with Gasteiger partial charge in [-0.1, -0.05) is 0 Å². The minimum Gasteiger partial charge on any atom is -0.198 e. The van der Waals surface area contributed by atoms with E-state index in [1.807, 2.05) is 6.92 Å². The third-order valence-electron chi connectivity index (χ3n) is 2.26. The Kier molecular flexibility index (Phi) is 2.99. The third kappa shape index (κ3) is 2.28. The minimum absolute atomic E-state index is 0.310. The molecule has 0 amide bonds. The number of hydrogen-bond acceptors (Lipinski definition) is 1. The van der Waals surface area contributed by atoms with E-state index >= 15 is 0 Å². The highest BCUT2D eigenvalue weighted by Gasteiger charge is 2.18. The molecule has 0 unspecified atom stereocenters. The van der Waals surface area contributed by atoms with Gasteiger partial charge in [-0.2, -0.15) is 5.26 Å². The Balaban J connectivity index is 2.35. The molecule has 1 aliphatic carbocycles. The molecule has 0 atom stereocenters. The molecule has 0 aromatic carbocycles. The van der Waals surface area contributed by atoms with Gasteiger partial charge in [0, 0.05) is 11.8 Å². The van der Waals surface area contributed by atoms with E-state index in [0.29, 0.717) is 11.8 Å². The normalized spacial score (nSPS) is 29.8. The molecule has 0 aliphatic heterocycles. The van der Waals surface area contributed by atoms with Crippen molar-refractivity contribution in [2.24, 2.45) is 11.8 Å². The van der Waals surface area contributed by atoms with Gasteiger partial charge < -0.3 is 0 Å². The lowest BCUT2D eigenvalue weighted by atomic mass is 9.83. The Morgan fingerprint density at radius 1 is 1.09 bits per heavy atom. The molecule has 0 heterocycles. The van der Waals surface area contributed by atoms with Crippen LogP contribution in [0.4, 0.5) is 0 Å². The molecule has 0 N–H and O–H groups in total. The molecule has 0 spiro atoms. The Hall–Kier alpha value is -0.950. The second-order valence-corrected chi connectivity index (χ2v) is 3.07. The van der Waals surface area contributed by atoms with Crippen LogP contribution in [0.3, 0.4) is 0 Å². The van der Waals surface area contributed by atoms with Gasteiger partial charge in [-0.05, 0) is 32.6 Å². The van der Waals surface area contributed by atoms with Gasteiger partial charge in [0.05, 0.1) is 6.07 Å². The highest BCUT2D eigenvalue weighted by atomic mass is 14.3. The number of nitrogens with zero attached hydrogens (tertiary/aromatic N) is 1. The van der Waals surface area contributed by atoms with Gasteiger partial charge in [-0.25, -0.2) is 0 Å². The van der Waals surface area contributed by atoms with Crippen LogP contribution in [-0.4, -0.2) is 0 Å². The molecule has 1 fully saturated rings. The van der Waals surface area contributed by atoms with Crippen molar-refractivity contribution in [2.45, 2.75) is 32.6 Å². The zero-order chi connectivity index (χ0) is 8.10. The first kappa shape index (κ1) is 8.15. The Morgan fingerprint density at radius 2 is 1.64 bits per heavy atom. The van der Waals surface area contributed by atoms with Crippen LogP contribution in [0.5, 0.6) is 0 Å². The zero-order valence-electron chi connectivity index (χ0n) is 6.93. The van der Waals surface area contributed by atoms with Gasteiger partial charge in [-0.15, -0.1) is 11.8 Å². The van der Waals surface area contributed by atoms with Gasteiger partial charge in [-0.3, -0.25) is 0 Å². The Labute approximate surface area is 68.4 Å². The average Bonchev–Trinajstić information content (AvgIpc) is 2.07. The molecule has 1 saturated carbocycles.